The first kappa shape index (κ1) is 15.8. The summed E-state index contributed by atoms with van der Waals surface area (Å²) in [5.41, 5.74) is 2.68. The van der Waals surface area contributed by atoms with E-state index in [-0.39, 0.29) is 0 Å². The van der Waals surface area contributed by atoms with E-state index in [9.17, 15) is 0 Å². The highest BCUT2D eigenvalue weighted by atomic mass is 79.9. The average Bonchev–Trinajstić information content (AvgIpc) is 2.49. The van der Waals surface area contributed by atoms with Crippen molar-refractivity contribution in [3.8, 4) is 0 Å². The van der Waals surface area contributed by atoms with Gasteiger partial charge in [-0.1, -0.05) is 48.2 Å². The maximum absolute atomic E-state index is 3.72. The van der Waals surface area contributed by atoms with Crippen molar-refractivity contribution in [2.24, 2.45) is 0 Å². The van der Waals surface area contributed by atoms with Crippen LogP contribution in [0.1, 0.15) is 51.0 Å². The summed E-state index contributed by atoms with van der Waals surface area (Å²) >= 11 is 3.72. The maximum Gasteiger partial charge on any atom is 0.0377 e. The molecule has 2 rings (SSSR count). The van der Waals surface area contributed by atoms with E-state index < -0.39 is 0 Å². The molecule has 112 valence electrons. The lowest BCUT2D eigenvalue weighted by Crippen LogP contribution is -2.33. The van der Waals surface area contributed by atoms with Crippen molar-refractivity contribution in [2.45, 2.75) is 58.0 Å². The molecule has 2 nitrogen and oxygen atoms in total. The molecule has 0 aliphatic heterocycles. The standard InChI is InChI=1S/C17H27BrN2/c1-3-11-19-13-14-9-10-16(12-17(14)18)20(2)15-7-5-4-6-8-15/h9-10,12,15,19H,3-8,11,13H2,1-2H3. The molecule has 1 aromatic rings. The molecular formula is C17H27BrN2. The van der Waals surface area contributed by atoms with Gasteiger partial charge >= 0.3 is 0 Å². The van der Waals surface area contributed by atoms with Crippen molar-refractivity contribution in [3.05, 3.63) is 28.2 Å². The van der Waals surface area contributed by atoms with E-state index in [4.69, 9.17) is 0 Å². The van der Waals surface area contributed by atoms with Crippen molar-refractivity contribution in [3.63, 3.8) is 0 Å². The van der Waals surface area contributed by atoms with Crippen molar-refractivity contribution in [1.29, 1.82) is 0 Å². The zero-order valence-corrected chi connectivity index (χ0v) is 14.4. The Balaban J connectivity index is 1.99. The molecule has 0 aromatic heterocycles. The molecule has 1 aromatic carbocycles. The second kappa shape index (κ2) is 8.04. The van der Waals surface area contributed by atoms with Crippen molar-refractivity contribution in [2.75, 3.05) is 18.5 Å². The van der Waals surface area contributed by atoms with Gasteiger partial charge in [0.25, 0.3) is 0 Å². The van der Waals surface area contributed by atoms with Crippen LogP contribution >= 0.6 is 15.9 Å². The first-order valence-electron chi connectivity index (χ1n) is 7.94. The zero-order valence-electron chi connectivity index (χ0n) is 12.8. The van der Waals surface area contributed by atoms with E-state index in [1.165, 1.54) is 54.2 Å². The highest BCUT2D eigenvalue weighted by Crippen LogP contribution is 2.29. The highest BCUT2D eigenvalue weighted by molar-refractivity contribution is 9.10. The molecule has 3 heteroatoms. The van der Waals surface area contributed by atoms with E-state index >= 15 is 0 Å². The van der Waals surface area contributed by atoms with Crippen LogP contribution in [-0.4, -0.2) is 19.6 Å². The van der Waals surface area contributed by atoms with Gasteiger partial charge in [-0.25, -0.2) is 0 Å². The fourth-order valence-electron chi connectivity index (χ4n) is 2.98. The van der Waals surface area contributed by atoms with Crippen LogP contribution in [0.2, 0.25) is 0 Å². The molecule has 1 aliphatic rings. The summed E-state index contributed by atoms with van der Waals surface area (Å²) in [6.07, 6.45) is 8.04. The number of anilines is 1. The van der Waals surface area contributed by atoms with Gasteiger partial charge in [0.2, 0.25) is 0 Å². The Morgan fingerprint density at radius 1 is 1.25 bits per heavy atom. The summed E-state index contributed by atoms with van der Waals surface area (Å²) in [6.45, 7) is 4.22. The van der Waals surface area contributed by atoms with Crippen LogP contribution in [0, 0.1) is 0 Å². The van der Waals surface area contributed by atoms with Gasteiger partial charge in [-0.05, 0) is 43.5 Å². The lowest BCUT2D eigenvalue weighted by Gasteiger charge is -2.33. The van der Waals surface area contributed by atoms with E-state index in [0.717, 1.165) is 19.1 Å². The zero-order chi connectivity index (χ0) is 14.4. The molecule has 0 atom stereocenters. The van der Waals surface area contributed by atoms with Gasteiger partial charge in [0.05, 0.1) is 0 Å². The second-order valence-corrected chi connectivity index (χ2v) is 6.71. The number of rotatable bonds is 6. The predicted octanol–water partition coefficient (Wildman–Crippen LogP) is 4.72. The normalized spacial score (nSPS) is 16.4. The van der Waals surface area contributed by atoms with Gasteiger partial charge in [-0.2, -0.15) is 0 Å². The summed E-state index contributed by atoms with van der Waals surface area (Å²) in [5.74, 6) is 0. The molecule has 1 aliphatic carbocycles. The predicted molar refractivity (Wildman–Crippen MR) is 91.4 cm³/mol. The molecule has 1 N–H and O–H groups in total. The fourth-order valence-corrected chi connectivity index (χ4v) is 3.48. The van der Waals surface area contributed by atoms with Crippen LogP contribution in [0.3, 0.4) is 0 Å². The van der Waals surface area contributed by atoms with Crippen molar-refractivity contribution >= 4 is 21.6 Å². The van der Waals surface area contributed by atoms with Crippen LogP contribution in [0.25, 0.3) is 0 Å². The second-order valence-electron chi connectivity index (χ2n) is 5.86. The smallest absolute Gasteiger partial charge is 0.0377 e. The summed E-state index contributed by atoms with van der Waals surface area (Å²) < 4.78 is 1.22. The van der Waals surface area contributed by atoms with Crippen LogP contribution in [0.5, 0.6) is 0 Å². The lowest BCUT2D eigenvalue weighted by atomic mass is 9.94. The summed E-state index contributed by atoms with van der Waals surface area (Å²) in [6, 6.07) is 7.51. The molecular weight excluding hydrogens is 312 g/mol. The Hall–Kier alpha value is -0.540. The number of nitrogens with one attached hydrogen (secondary N) is 1. The monoisotopic (exact) mass is 338 g/mol. The number of hydrogen-bond acceptors (Lipinski definition) is 2. The number of nitrogens with zero attached hydrogens (tertiary/aromatic N) is 1. The first-order chi connectivity index (χ1) is 9.72. The van der Waals surface area contributed by atoms with E-state index in [0.29, 0.717) is 0 Å². The van der Waals surface area contributed by atoms with Gasteiger partial charge in [0.15, 0.2) is 0 Å². The van der Waals surface area contributed by atoms with E-state index in [1.807, 2.05) is 0 Å². The number of halogens is 1. The van der Waals surface area contributed by atoms with Crippen molar-refractivity contribution < 1.29 is 0 Å². The Bertz CT molecular complexity index is 413. The third kappa shape index (κ3) is 4.23. The minimum atomic E-state index is 0.722. The van der Waals surface area contributed by atoms with Crippen LogP contribution in [0.4, 0.5) is 5.69 Å². The lowest BCUT2D eigenvalue weighted by molar-refractivity contribution is 0.427. The van der Waals surface area contributed by atoms with E-state index in [1.54, 1.807) is 0 Å². The minimum Gasteiger partial charge on any atom is -0.372 e. The molecule has 0 unspecified atom stereocenters. The van der Waals surface area contributed by atoms with Gasteiger partial charge in [-0.15, -0.1) is 0 Å². The fraction of sp³-hybridized carbons (Fsp3) is 0.647. The van der Waals surface area contributed by atoms with Crippen LogP contribution < -0.4 is 10.2 Å². The van der Waals surface area contributed by atoms with Crippen LogP contribution in [0.15, 0.2) is 22.7 Å². The molecule has 0 amide bonds. The molecule has 0 spiro atoms. The number of benzene rings is 1. The van der Waals surface area contributed by atoms with Gasteiger partial charge in [0.1, 0.15) is 0 Å². The molecule has 0 radical (unpaired) electrons. The van der Waals surface area contributed by atoms with Crippen molar-refractivity contribution in [1.82, 2.24) is 5.32 Å². The SMILES string of the molecule is CCCNCc1ccc(N(C)C2CCCCC2)cc1Br. The van der Waals surface area contributed by atoms with Crippen LogP contribution in [-0.2, 0) is 6.54 Å². The summed E-state index contributed by atoms with van der Waals surface area (Å²) in [4.78, 5) is 2.47. The molecule has 1 saturated carbocycles. The van der Waals surface area contributed by atoms with Gasteiger partial charge in [0, 0.05) is 29.8 Å². The van der Waals surface area contributed by atoms with Gasteiger partial charge in [-0.3, -0.25) is 0 Å². The quantitative estimate of drug-likeness (QED) is 0.755. The maximum atomic E-state index is 3.72. The third-order valence-electron chi connectivity index (χ3n) is 4.31. The Labute approximate surface area is 132 Å². The van der Waals surface area contributed by atoms with E-state index in [2.05, 4.69) is 58.3 Å². The molecule has 20 heavy (non-hydrogen) atoms. The molecule has 0 bridgehead atoms. The third-order valence-corrected chi connectivity index (χ3v) is 5.05. The largest absolute Gasteiger partial charge is 0.372 e. The molecule has 1 fully saturated rings. The molecule has 0 heterocycles. The summed E-state index contributed by atoms with van der Waals surface area (Å²) in [7, 11) is 2.24. The Kier molecular flexibility index (Phi) is 6.37. The summed E-state index contributed by atoms with van der Waals surface area (Å²) in [5, 5.41) is 3.46. The highest BCUT2D eigenvalue weighted by Gasteiger charge is 2.18. The molecule has 0 saturated heterocycles. The topological polar surface area (TPSA) is 15.3 Å². The number of hydrogen-bond donors (Lipinski definition) is 1. The van der Waals surface area contributed by atoms with Gasteiger partial charge < -0.3 is 10.2 Å². The minimum absolute atomic E-state index is 0.722. The Morgan fingerprint density at radius 3 is 2.65 bits per heavy atom. The Morgan fingerprint density at radius 2 is 2.00 bits per heavy atom. The first-order valence-corrected chi connectivity index (χ1v) is 8.73. The average molecular weight is 339 g/mol.